The first-order chi connectivity index (χ1) is 8.65. The highest BCUT2D eigenvalue weighted by Crippen LogP contribution is 2.28. The van der Waals surface area contributed by atoms with Crippen molar-refractivity contribution < 1.29 is 4.79 Å². The van der Waals surface area contributed by atoms with Crippen molar-refractivity contribution in [2.45, 2.75) is 45.8 Å². The fourth-order valence-corrected chi connectivity index (χ4v) is 2.80. The molecule has 2 atom stereocenters. The van der Waals surface area contributed by atoms with E-state index in [0.717, 1.165) is 37.4 Å². The predicted molar refractivity (Wildman–Crippen MR) is 69.3 cm³/mol. The molecule has 1 saturated heterocycles. The molecule has 1 amide bonds. The Hall–Kier alpha value is -1.36. The summed E-state index contributed by atoms with van der Waals surface area (Å²) in [6, 6.07) is 0.447. The summed E-state index contributed by atoms with van der Waals surface area (Å²) in [6.07, 6.45) is 3.59. The maximum Gasteiger partial charge on any atom is 0.227 e. The molecule has 1 aromatic rings. The first-order valence-corrected chi connectivity index (χ1v) is 6.73. The van der Waals surface area contributed by atoms with Gasteiger partial charge in [-0.2, -0.15) is 5.10 Å². The summed E-state index contributed by atoms with van der Waals surface area (Å²) in [5.41, 5.74) is 2.15. The van der Waals surface area contributed by atoms with Crippen molar-refractivity contribution in [2.24, 2.45) is 5.92 Å². The number of aromatic nitrogens is 2. The number of fused-ring (bicyclic) bond motifs is 1. The van der Waals surface area contributed by atoms with Gasteiger partial charge in [-0.25, -0.2) is 0 Å². The molecule has 2 aliphatic heterocycles. The molecule has 1 N–H and O–H groups in total. The molecule has 3 rings (SSSR count). The van der Waals surface area contributed by atoms with Gasteiger partial charge in [0.25, 0.3) is 0 Å². The van der Waals surface area contributed by atoms with Gasteiger partial charge in [-0.3, -0.25) is 9.48 Å². The van der Waals surface area contributed by atoms with E-state index in [2.05, 4.69) is 24.3 Å². The maximum atomic E-state index is 12.1. The molecule has 18 heavy (non-hydrogen) atoms. The molecular formula is C13H20N4O. The van der Waals surface area contributed by atoms with Crippen molar-refractivity contribution in [1.82, 2.24) is 15.1 Å². The zero-order chi connectivity index (χ0) is 12.7. The third kappa shape index (κ3) is 1.92. The van der Waals surface area contributed by atoms with Crippen LogP contribution in [0.5, 0.6) is 0 Å². The normalized spacial score (nSPS) is 28.3. The largest absolute Gasteiger partial charge is 0.309 e. The average Bonchev–Trinajstić information content (AvgIpc) is 2.72. The highest BCUT2D eigenvalue weighted by Gasteiger charge is 2.29. The van der Waals surface area contributed by atoms with Crippen LogP contribution in [0.15, 0.2) is 6.20 Å². The van der Waals surface area contributed by atoms with Gasteiger partial charge in [-0.15, -0.1) is 0 Å². The van der Waals surface area contributed by atoms with Crippen molar-refractivity contribution in [1.29, 1.82) is 0 Å². The van der Waals surface area contributed by atoms with Gasteiger partial charge in [0.2, 0.25) is 5.91 Å². The summed E-state index contributed by atoms with van der Waals surface area (Å²) in [7, 11) is 0. The summed E-state index contributed by atoms with van der Waals surface area (Å²) >= 11 is 0. The predicted octanol–water partition coefficient (Wildman–Crippen LogP) is 1.14. The fraction of sp³-hybridized carbons (Fsp3) is 0.692. The van der Waals surface area contributed by atoms with Crippen molar-refractivity contribution in [2.75, 3.05) is 11.4 Å². The van der Waals surface area contributed by atoms with Gasteiger partial charge in [0, 0.05) is 25.6 Å². The van der Waals surface area contributed by atoms with E-state index in [0.29, 0.717) is 18.4 Å². The second-order valence-corrected chi connectivity index (χ2v) is 5.58. The van der Waals surface area contributed by atoms with Gasteiger partial charge in [0.1, 0.15) is 0 Å². The highest BCUT2D eigenvalue weighted by atomic mass is 16.2. The van der Waals surface area contributed by atoms with E-state index in [4.69, 9.17) is 0 Å². The van der Waals surface area contributed by atoms with E-state index in [-0.39, 0.29) is 5.91 Å². The van der Waals surface area contributed by atoms with Crippen LogP contribution in [-0.4, -0.2) is 28.3 Å². The molecule has 5 nitrogen and oxygen atoms in total. The number of rotatable bonds is 1. The minimum atomic E-state index is 0.239. The third-order valence-corrected chi connectivity index (χ3v) is 3.95. The minimum Gasteiger partial charge on any atom is -0.309 e. The molecule has 0 spiro atoms. The molecule has 2 aliphatic rings. The Kier molecular flexibility index (Phi) is 2.86. The van der Waals surface area contributed by atoms with Crippen molar-refractivity contribution in [3.63, 3.8) is 0 Å². The number of amides is 1. The number of anilines is 1. The monoisotopic (exact) mass is 248 g/mol. The van der Waals surface area contributed by atoms with Crippen LogP contribution in [0.1, 0.15) is 32.4 Å². The van der Waals surface area contributed by atoms with Crippen LogP contribution >= 0.6 is 0 Å². The number of carbonyl (C=O) groups excluding carboxylic acids is 1. The van der Waals surface area contributed by atoms with Crippen molar-refractivity contribution >= 4 is 11.6 Å². The quantitative estimate of drug-likeness (QED) is 0.810. The van der Waals surface area contributed by atoms with E-state index in [1.165, 1.54) is 0 Å². The minimum absolute atomic E-state index is 0.239. The molecule has 5 heteroatoms. The van der Waals surface area contributed by atoms with E-state index >= 15 is 0 Å². The second kappa shape index (κ2) is 4.39. The Balaban J connectivity index is 1.87. The fourth-order valence-electron chi connectivity index (χ4n) is 2.80. The third-order valence-electron chi connectivity index (χ3n) is 3.95. The molecule has 0 saturated carbocycles. The van der Waals surface area contributed by atoms with Crippen molar-refractivity contribution in [3.05, 3.63) is 11.9 Å². The number of nitrogens with zero attached hydrogens (tertiary/aromatic N) is 3. The van der Waals surface area contributed by atoms with Gasteiger partial charge < -0.3 is 10.2 Å². The topological polar surface area (TPSA) is 50.2 Å². The summed E-state index contributed by atoms with van der Waals surface area (Å²) in [5, 5.41) is 7.85. The zero-order valence-corrected chi connectivity index (χ0v) is 11.0. The highest BCUT2D eigenvalue weighted by molar-refractivity contribution is 5.94. The molecule has 0 aromatic carbocycles. The lowest BCUT2D eigenvalue weighted by Gasteiger charge is -2.31. The number of piperidine rings is 1. The average molecular weight is 248 g/mol. The standard InChI is InChI=1S/C13H20N4O/c1-9-3-4-16(13(18)5-9)11-7-15-17-8-10(2)14-6-12(11)17/h7,9-10,14H,3-6,8H2,1-2H3/t9?,10-/m0/s1. The Morgan fingerprint density at radius 3 is 3.06 bits per heavy atom. The number of hydrogen-bond donors (Lipinski definition) is 1. The molecule has 1 fully saturated rings. The lowest BCUT2D eigenvalue weighted by molar-refractivity contribution is -0.120. The number of nitrogens with one attached hydrogen (secondary N) is 1. The maximum absolute atomic E-state index is 12.1. The van der Waals surface area contributed by atoms with Gasteiger partial charge in [-0.05, 0) is 19.3 Å². The summed E-state index contributed by atoms with van der Waals surface area (Å²) in [4.78, 5) is 14.0. The molecule has 1 aromatic heterocycles. The molecule has 98 valence electrons. The number of carbonyl (C=O) groups is 1. The molecule has 0 bridgehead atoms. The van der Waals surface area contributed by atoms with Gasteiger partial charge >= 0.3 is 0 Å². The van der Waals surface area contributed by atoms with Crippen LogP contribution in [0.4, 0.5) is 5.69 Å². The Morgan fingerprint density at radius 2 is 2.28 bits per heavy atom. The summed E-state index contributed by atoms with van der Waals surface area (Å²) < 4.78 is 2.03. The Morgan fingerprint density at radius 1 is 1.44 bits per heavy atom. The zero-order valence-electron chi connectivity index (χ0n) is 11.0. The lowest BCUT2D eigenvalue weighted by Crippen LogP contribution is -2.41. The van der Waals surface area contributed by atoms with Crippen LogP contribution in [0, 0.1) is 5.92 Å². The first kappa shape index (κ1) is 11.7. The second-order valence-electron chi connectivity index (χ2n) is 5.58. The van der Waals surface area contributed by atoms with E-state index in [1.54, 1.807) is 0 Å². The molecule has 0 aliphatic carbocycles. The summed E-state index contributed by atoms with van der Waals surface area (Å²) in [5.74, 6) is 0.751. The van der Waals surface area contributed by atoms with E-state index in [9.17, 15) is 4.79 Å². The van der Waals surface area contributed by atoms with E-state index in [1.807, 2.05) is 15.8 Å². The molecular weight excluding hydrogens is 228 g/mol. The first-order valence-electron chi connectivity index (χ1n) is 6.73. The van der Waals surface area contributed by atoms with Crippen LogP contribution < -0.4 is 10.2 Å². The smallest absolute Gasteiger partial charge is 0.227 e. The number of hydrogen-bond acceptors (Lipinski definition) is 3. The van der Waals surface area contributed by atoms with Crippen LogP contribution in [-0.2, 0) is 17.9 Å². The Labute approximate surface area is 107 Å². The summed E-state index contributed by atoms with van der Waals surface area (Å²) in [6.45, 7) is 6.81. The SMILES string of the molecule is CC1CCN(c2cnn3c2CN[C@@H](C)C3)C(=O)C1. The van der Waals surface area contributed by atoms with Crippen LogP contribution in [0.3, 0.4) is 0 Å². The van der Waals surface area contributed by atoms with E-state index < -0.39 is 0 Å². The van der Waals surface area contributed by atoms with Gasteiger partial charge in [0.05, 0.1) is 24.1 Å². The lowest BCUT2D eigenvalue weighted by atomic mass is 9.98. The molecule has 1 unspecified atom stereocenters. The van der Waals surface area contributed by atoms with Crippen LogP contribution in [0.2, 0.25) is 0 Å². The van der Waals surface area contributed by atoms with Gasteiger partial charge in [-0.1, -0.05) is 6.92 Å². The van der Waals surface area contributed by atoms with Gasteiger partial charge in [0.15, 0.2) is 0 Å². The molecule has 0 radical (unpaired) electrons. The van der Waals surface area contributed by atoms with Crippen LogP contribution in [0.25, 0.3) is 0 Å². The molecule has 3 heterocycles. The van der Waals surface area contributed by atoms with Crippen molar-refractivity contribution in [3.8, 4) is 0 Å². The Bertz CT molecular complexity index is 468.